The molecular formula is C25H24ClN5O2S. The summed E-state index contributed by atoms with van der Waals surface area (Å²) in [5.74, 6) is 1.82. The lowest BCUT2D eigenvalue weighted by atomic mass is 10.1. The highest BCUT2D eigenvalue weighted by Gasteiger charge is 2.24. The van der Waals surface area contributed by atoms with Gasteiger partial charge in [-0.25, -0.2) is 15.0 Å². The summed E-state index contributed by atoms with van der Waals surface area (Å²) in [6.07, 6.45) is 1.57. The van der Waals surface area contributed by atoms with Crippen molar-refractivity contribution in [2.24, 2.45) is 0 Å². The van der Waals surface area contributed by atoms with E-state index >= 15 is 0 Å². The molecule has 0 fully saturated rings. The number of benzene rings is 2. The van der Waals surface area contributed by atoms with Gasteiger partial charge in [0, 0.05) is 11.8 Å². The van der Waals surface area contributed by atoms with Gasteiger partial charge >= 0.3 is 0 Å². The van der Waals surface area contributed by atoms with Gasteiger partial charge in [0.25, 0.3) is 5.91 Å². The van der Waals surface area contributed by atoms with Crippen LogP contribution in [0, 0.1) is 20.8 Å². The molecule has 0 spiro atoms. The fraction of sp³-hybridized carbons (Fsp3) is 0.200. The number of rotatable bonds is 7. The molecule has 0 radical (unpaired) electrons. The maximum Gasteiger partial charge on any atom is 0.270 e. The van der Waals surface area contributed by atoms with Crippen LogP contribution in [0.1, 0.15) is 32.3 Å². The van der Waals surface area contributed by atoms with E-state index < -0.39 is 0 Å². The van der Waals surface area contributed by atoms with Crippen molar-refractivity contribution in [1.29, 1.82) is 0 Å². The number of nitrogens with zero attached hydrogens (tertiary/aromatic N) is 4. The number of hydrogen-bond donors (Lipinski definition) is 1. The summed E-state index contributed by atoms with van der Waals surface area (Å²) in [7, 11) is 1.62. The van der Waals surface area contributed by atoms with E-state index in [1.54, 1.807) is 24.3 Å². The lowest BCUT2D eigenvalue weighted by molar-refractivity contribution is 0.0988. The minimum atomic E-state index is -0.195. The molecular weight excluding hydrogens is 470 g/mol. The van der Waals surface area contributed by atoms with Crippen LogP contribution in [0.25, 0.3) is 0 Å². The van der Waals surface area contributed by atoms with Gasteiger partial charge in [0.2, 0.25) is 0 Å². The van der Waals surface area contributed by atoms with Crippen molar-refractivity contribution < 1.29 is 9.53 Å². The van der Waals surface area contributed by atoms with Crippen LogP contribution < -0.4 is 15.0 Å². The third-order valence-electron chi connectivity index (χ3n) is 5.10. The Morgan fingerprint density at radius 3 is 2.65 bits per heavy atom. The molecule has 4 rings (SSSR count). The Balaban J connectivity index is 1.67. The molecule has 0 atom stereocenters. The summed E-state index contributed by atoms with van der Waals surface area (Å²) in [6.45, 7) is 5.99. The van der Waals surface area contributed by atoms with E-state index in [0.29, 0.717) is 38.9 Å². The summed E-state index contributed by atoms with van der Waals surface area (Å²) in [6, 6.07) is 15.1. The SMILES string of the molecule is COc1cccc(CN(C(=O)c2cnc(Nc3cc(C)nc(C)n3)s2)c2c(C)cccc2Cl)c1. The minimum Gasteiger partial charge on any atom is -0.497 e. The van der Waals surface area contributed by atoms with Crippen molar-refractivity contribution in [3.05, 3.63) is 87.3 Å². The first kappa shape index (κ1) is 23.7. The summed E-state index contributed by atoms with van der Waals surface area (Å²) >= 11 is 7.82. The molecule has 2 heterocycles. The van der Waals surface area contributed by atoms with E-state index in [1.165, 1.54) is 11.3 Å². The highest BCUT2D eigenvalue weighted by Crippen LogP contribution is 2.34. The molecule has 0 aliphatic heterocycles. The first-order valence-electron chi connectivity index (χ1n) is 10.6. The number of methoxy groups -OCH3 is 1. The predicted octanol–water partition coefficient (Wildman–Crippen LogP) is 6.11. The van der Waals surface area contributed by atoms with E-state index in [1.807, 2.05) is 63.2 Å². The first-order valence-corrected chi connectivity index (χ1v) is 11.8. The number of aryl methyl sites for hydroxylation is 3. The Kier molecular flexibility index (Phi) is 7.09. The van der Waals surface area contributed by atoms with E-state index in [4.69, 9.17) is 16.3 Å². The minimum absolute atomic E-state index is 0.195. The molecule has 0 bridgehead atoms. The quantitative estimate of drug-likeness (QED) is 0.334. The standard InChI is InChI=1S/C25H24ClN5O2S/c1-15-7-5-10-20(26)23(15)31(14-18-8-6-9-19(12-18)33-4)24(32)21-13-27-25(34-21)30-22-11-16(2)28-17(3)29-22/h5-13H,14H2,1-4H3,(H,27,28,29,30). The van der Waals surface area contributed by atoms with E-state index in [-0.39, 0.29) is 5.91 Å². The largest absolute Gasteiger partial charge is 0.497 e. The predicted molar refractivity (Wildman–Crippen MR) is 137 cm³/mol. The second-order valence-corrected chi connectivity index (χ2v) is 9.18. The number of amides is 1. The second-order valence-electron chi connectivity index (χ2n) is 7.74. The van der Waals surface area contributed by atoms with Crippen LogP contribution in [0.2, 0.25) is 5.02 Å². The van der Waals surface area contributed by atoms with Gasteiger partial charge < -0.3 is 15.0 Å². The van der Waals surface area contributed by atoms with Gasteiger partial charge in [0.1, 0.15) is 22.3 Å². The van der Waals surface area contributed by atoms with Gasteiger partial charge in [-0.15, -0.1) is 0 Å². The fourth-order valence-corrected chi connectivity index (χ4v) is 4.72. The van der Waals surface area contributed by atoms with Crippen molar-refractivity contribution in [3.63, 3.8) is 0 Å². The number of aromatic nitrogens is 3. The molecule has 7 nitrogen and oxygen atoms in total. The van der Waals surface area contributed by atoms with Crippen LogP contribution in [0.15, 0.2) is 54.7 Å². The molecule has 2 aromatic heterocycles. The Bertz CT molecular complexity index is 1300. The molecule has 0 aliphatic rings. The van der Waals surface area contributed by atoms with E-state index in [9.17, 15) is 4.79 Å². The van der Waals surface area contributed by atoms with Crippen LogP contribution in [0.5, 0.6) is 5.75 Å². The molecule has 4 aromatic rings. The molecule has 9 heteroatoms. The van der Waals surface area contributed by atoms with Gasteiger partial charge in [-0.05, 0) is 50.1 Å². The molecule has 0 saturated carbocycles. The second kappa shape index (κ2) is 10.2. The first-order chi connectivity index (χ1) is 16.3. The van der Waals surface area contributed by atoms with E-state index in [0.717, 1.165) is 22.6 Å². The lowest BCUT2D eigenvalue weighted by Crippen LogP contribution is -2.30. The van der Waals surface area contributed by atoms with Crippen molar-refractivity contribution in [3.8, 4) is 5.75 Å². The third-order valence-corrected chi connectivity index (χ3v) is 6.30. The number of carbonyl (C=O) groups is 1. The molecule has 34 heavy (non-hydrogen) atoms. The van der Waals surface area contributed by atoms with Crippen LogP contribution >= 0.6 is 22.9 Å². The summed E-state index contributed by atoms with van der Waals surface area (Å²) in [5, 5.41) is 4.24. The number of anilines is 3. The van der Waals surface area contributed by atoms with Crippen LogP contribution in [-0.2, 0) is 6.54 Å². The van der Waals surface area contributed by atoms with Crippen LogP contribution in [0.3, 0.4) is 0 Å². The van der Waals surface area contributed by atoms with Gasteiger partial charge in [-0.3, -0.25) is 4.79 Å². The zero-order chi connectivity index (χ0) is 24.2. The number of halogens is 1. The number of thiazole rings is 1. The fourth-order valence-electron chi connectivity index (χ4n) is 3.63. The normalized spacial score (nSPS) is 10.7. The third kappa shape index (κ3) is 5.35. The zero-order valence-electron chi connectivity index (χ0n) is 19.3. The number of hydrogen-bond acceptors (Lipinski definition) is 7. The Labute approximate surface area is 207 Å². The van der Waals surface area contributed by atoms with Gasteiger partial charge in [-0.1, -0.05) is 47.2 Å². The number of nitrogens with one attached hydrogen (secondary N) is 1. The maximum absolute atomic E-state index is 13.7. The molecule has 0 unspecified atom stereocenters. The lowest BCUT2D eigenvalue weighted by Gasteiger charge is -2.25. The van der Waals surface area contributed by atoms with Crippen molar-refractivity contribution in [2.75, 3.05) is 17.3 Å². The van der Waals surface area contributed by atoms with Gasteiger partial charge in [0.15, 0.2) is 5.13 Å². The average molecular weight is 494 g/mol. The summed E-state index contributed by atoms with van der Waals surface area (Å²) in [5.41, 5.74) is 3.34. The number of carbonyl (C=O) groups excluding carboxylic acids is 1. The molecule has 174 valence electrons. The summed E-state index contributed by atoms with van der Waals surface area (Å²) < 4.78 is 5.36. The Morgan fingerprint density at radius 1 is 1.12 bits per heavy atom. The molecule has 1 N–H and O–H groups in total. The van der Waals surface area contributed by atoms with Crippen molar-refractivity contribution in [2.45, 2.75) is 27.3 Å². The van der Waals surface area contributed by atoms with Gasteiger partial charge in [-0.2, -0.15) is 0 Å². The van der Waals surface area contributed by atoms with Gasteiger partial charge in [0.05, 0.1) is 30.6 Å². The smallest absolute Gasteiger partial charge is 0.270 e. The average Bonchev–Trinajstić information content (AvgIpc) is 3.25. The van der Waals surface area contributed by atoms with Crippen molar-refractivity contribution in [1.82, 2.24) is 15.0 Å². The number of ether oxygens (including phenoxy) is 1. The van der Waals surface area contributed by atoms with Crippen LogP contribution in [-0.4, -0.2) is 28.0 Å². The zero-order valence-corrected chi connectivity index (χ0v) is 20.9. The highest BCUT2D eigenvalue weighted by molar-refractivity contribution is 7.17. The van der Waals surface area contributed by atoms with E-state index in [2.05, 4.69) is 20.3 Å². The maximum atomic E-state index is 13.7. The topological polar surface area (TPSA) is 80.2 Å². The monoisotopic (exact) mass is 493 g/mol. The molecule has 0 saturated heterocycles. The number of para-hydroxylation sites is 1. The summed E-state index contributed by atoms with van der Waals surface area (Å²) in [4.78, 5) is 29.0. The molecule has 0 aliphatic carbocycles. The molecule has 1 amide bonds. The van der Waals surface area contributed by atoms with Crippen molar-refractivity contribution >= 4 is 45.5 Å². The highest BCUT2D eigenvalue weighted by atomic mass is 35.5. The Hall–Kier alpha value is -3.49. The Morgan fingerprint density at radius 2 is 1.91 bits per heavy atom. The van der Waals surface area contributed by atoms with Crippen LogP contribution in [0.4, 0.5) is 16.6 Å². The molecule has 2 aromatic carbocycles.